The molecular weight excluding hydrogens is 412 g/mol. The molecule has 1 atom stereocenters. The van der Waals surface area contributed by atoms with Crippen LogP contribution in [0.1, 0.15) is 41.2 Å². The van der Waals surface area contributed by atoms with Crippen molar-refractivity contribution < 1.29 is 9.53 Å². The fraction of sp³-hybridized carbons (Fsp3) is 0.417. The Balaban J connectivity index is 1.40. The molecule has 0 unspecified atom stereocenters. The number of fused-ring (bicyclic) bond motifs is 1. The Bertz CT molecular complexity index is 1060. The van der Waals surface area contributed by atoms with Gasteiger partial charge in [0.1, 0.15) is 0 Å². The second-order valence-electron chi connectivity index (χ2n) is 9.02. The van der Waals surface area contributed by atoms with Crippen molar-refractivity contribution in [2.75, 3.05) is 24.7 Å². The SMILES string of the molecule is CC1(C)CC(=O)c2sc(N3CCOC[C@@H]3Cc3cccc(-c4cccs4)c3)nc2C1. The first-order chi connectivity index (χ1) is 14.5. The molecule has 2 aliphatic rings. The second-order valence-corrected chi connectivity index (χ2v) is 10.9. The van der Waals surface area contributed by atoms with Crippen molar-refractivity contribution in [3.8, 4) is 10.4 Å². The molecule has 0 N–H and O–H groups in total. The number of morpholine rings is 1. The molecule has 0 radical (unpaired) electrons. The number of carbonyl (C=O) groups is 1. The van der Waals surface area contributed by atoms with Gasteiger partial charge in [-0.1, -0.05) is 55.5 Å². The first kappa shape index (κ1) is 19.9. The van der Waals surface area contributed by atoms with Gasteiger partial charge in [-0.05, 0) is 40.8 Å². The Morgan fingerprint density at radius 1 is 1.23 bits per heavy atom. The normalized spacial score (nSPS) is 20.9. The second kappa shape index (κ2) is 7.91. The van der Waals surface area contributed by atoms with Crippen molar-refractivity contribution in [2.24, 2.45) is 5.41 Å². The lowest BCUT2D eigenvalue weighted by Gasteiger charge is -2.35. The maximum Gasteiger partial charge on any atom is 0.186 e. The standard InChI is InChI=1S/C24H26N2O2S2/c1-24(2)13-19-22(20(27)14-24)30-23(25-19)26-8-9-28-15-18(26)12-16-5-3-6-17(11-16)21-7-4-10-29-21/h3-7,10-11,18H,8-9,12-15H2,1-2H3/t18-/m0/s1. The molecule has 4 nitrogen and oxygen atoms in total. The van der Waals surface area contributed by atoms with E-state index in [-0.39, 0.29) is 17.2 Å². The molecule has 2 aromatic heterocycles. The predicted molar refractivity (Wildman–Crippen MR) is 124 cm³/mol. The fourth-order valence-corrected chi connectivity index (χ4v) is 6.31. The number of benzene rings is 1. The summed E-state index contributed by atoms with van der Waals surface area (Å²) in [5, 5.41) is 3.10. The molecular formula is C24H26N2O2S2. The zero-order valence-corrected chi connectivity index (χ0v) is 19.0. The van der Waals surface area contributed by atoms with Gasteiger partial charge in [-0.2, -0.15) is 0 Å². The molecule has 1 saturated heterocycles. The lowest BCUT2D eigenvalue weighted by atomic mass is 9.78. The van der Waals surface area contributed by atoms with E-state index in [1.807, 2.05) is 0 Å². The van der Waals surface area contributed by atoms with Gasteiger partial charge >= 0.3 is 0 Å². The minimum absolute atomic E-state index is 0.00205. The van der Waals surface area contributed by atoms with Crippen LogP contribution in [-0.2, 0) is 17.6 Å². The van der Waals surface area contributed by atoms with Gasteiger partial charge in [-0.3, -0.25) is 4.79 Å². The molecule has 156 valence electrons. The number of Topliss-reactive ketones (excluding diaryl/α,β-unsaturated/α-hetero) is 1. The highest BCUT2D eigenvalue weighted by atomic mass is 32.1. The van der Waals surface area contributed by atoms with Crippen LogP contribution in [0.5, 0.6) is 0 Å². The third kappa shape index (κ3) is 3.96. The Morgan fingerprint density at radius 3 is 2.97 bits per heavy atom. The summed E-state index contributed by atoms with van der Waals surface area (Å²) in [5.74, 6) is 0.249. The number of aromatic nitrogens is 1. The van der Waals surface area contributed by atoms with Crippen molar-refractivity contribution >= 4 is 33.6 Å². The third-order valence-corrected chi connectivity index (χ3v) is 8.00. The number of carbonyl (C=O) groups excluding carboxylic acids is 1. The van der Waals surface area contributed by atoms with Crippen LogP contribution in [0.2, 0.25) is 0 Å². The van der Waals surface area contributed by atoms with Crippen molar-refractivity contribution in [1.82, 2.24) is 4.98 Å². The molecule has 3 aromatic rings. The number of nitrogens with zero attached hydrogens (tertiary/aromatic N) is 2. The number of ether oxygens (including phenoxy) is 1. The first-order valence-electron chi connectivity index (χ1n) is 10.5. The van der Waals surface area contributed by atoms with Crippen LogP contribution in [0.15, 0.2) is 41.8 Å². The van der Waals surface area contributed by atoms with Gasteiger partial charge < -0.3 is 9.64 Å². The van der Waals surface area contributed by atoms with Crippen molar-refractivity contribution in [3.63, 3.8) is 0 Å². The first-order valence-corrected chi connectivity index (χ1v) is 12.2. The van der Waals surface area contributed by atoms with E-state index in [1.54, 1.807) is 22.7 Å². The van der Waals surface area contributed by atoms with Crippen molar-refractivity contribution in [2.45, 2.75) is 39.2 Å². The highest BCUT2D eigenvalue weighted by Crippen LogP contribution is 2.40. The van der Waals surface area contributed by atoms with Crippen LogP contribution in [-0.4, -0.2) is 36.6 Å². The van der Waals surface area contributed by atoms with Gasteiger partial charge in [0, 0.05) is 17.8 Å². The maximum absolute atomic E-state index is 12.6. The number of hydrogen-bond acceptors (Lipinski definition) is 6. The summed E-state index contributed by atoms with van der Waals surface area (Å²) in [7, 11) is 0. The largest absolute Gasteiger partial charge is 0.377 e. The molecule has 0 saturated carbocycles. The minimum Gasteiger partial charge on any atom is -0.377 e. The van der Waals surface area contributed by atoms with Crippen LogP contribution >= 0.6 is 22.7 Å². The molecule has 1 aromatic carbocycles. The number of ketones is 1. The summed E-state index contributed by atoms with van der Waals surface area (Å²) in [4.78, 5) is 22.1. The van der Waals surface area contributed by atoms with Crippen LogP contribution in [0.4, 0.5) is 5.13 Å². The van der Waals surface area contributed by atoms with E-state index in [9.17, 15) is 4.79 Å². The summed E-state index contributed by atoms with van der Waals surface area (Å²) in [6.07, 6.45) is 2.40. The van der Waals surface area contributed by atoms with Gasteiger partial charge in [-0.15, -0.1) is 11.3 Å². The molecule has 0 bridgehead atoms. The zero-order valence-electron chi connectivity index (χ0n) is 17.4. The Kier molecular flexibility index (Phi) is 5.25. The van der Waals surface area contributed by atoms with Gasteiger partial charge in [0.25, 0.3) is 0 Å². The number of rotatable bonds is 4. The van der Waals surface area contributed by atoms with E-state index in [1.165, 1.54) is 16.0 Å². The highest BCUT2D eigenvalue weighted by molar-refractivity contribution is 7.17. The fourth-order valence-electron chi connectivity index (χ4n) is 4.47. The van der Waals surface area contributed by atoms with Crippen LogP contribution < -0.4 is 4.90 Å². The molecule has 30 heavy (non-hydrogen) atoms. The summed E-state index contributed by atoms with van der Waals surface area (Å²) >= 11 is 3.35. The molecule has 1 aliphatic heterocycles. The number of thiophene rings is 1. The van der Waals surface area contributed by atoms with Gasteiger partial charge in [0.15, 0.2) is 10.9 Å². The topological polar surface area (TPSA) is 42.4 Å². The summed E-state index contributed by atoms with van der Waals surface area (Å²) in [6, 6.07) is 13.3. The average molecular weight is 439 g/mol. The molecule has 0 spiro atoms. The monoisotopic (exact) mass is 438 g/mol. The summed E-state index contributed by atoms with van der Waals surface area (Å²) in [6.45, 7) is 6.53. The molecule has 3 heterocycles. The minimum atomic E-state index is 0.00205. The van der Waals surface area contributed by atoms with Gasteiger partial charge in [-0.25, -0.2) is 4.98 Å². The lowest BCUT2D eigenvalue weighted by molar-refractivity contribution is 0.0915. The number of anilines is 1. The summed E-state index contributed by atoms with van der Waals surface area (Å²) < 4.78 is 5.84. The smallest absolute Gasteiger partial charge is 0.186 e. The Hall–Kier alpha value is -2.02. The Labute approximate surface area is 185 Å². The maximum atomic E-state index is 12.6. The van der Waals surface area contributed by atoms with E-state index in [0.29, 0.717) is 19.6 Å². The van der Waals surface area contributed by atoms with Crippen LogP contribution in [0.25, 0.3) is 10.4 Å². The third-order valence-electron chi connectivity index (χ3n) is 5.90. The highest BCUT2D eigenvalue weighted by Gasteiger charge is 2.36. The van der Waals surface area contributed by atoms with Crippen molar-refractivity contribution in [3.05, 3.63) is 57.9 Å². The van der Waals surface area contributed by atoms with Gasteiger partial charge in [0.05, 0.1) is 29.8 Å². The van der Waals surface area contributed by atoms with E-state index in [4.69, 9.17) is 9.72 Å². The van der Waals surface area contributed by atoms with E-state index in [0.717, 1.165) is 35.1 Å². The molecule has 1 aliphatic carbocycles. The van der Waals surface area contributed by atoms with E-state index >= 15 is 0 Å². The zero-order chi connectivity index (χ0) is 20.7. The molecule has 6 heteroatoms. The Morgan fingerprint density at radius 2 is 2.13 bits per heavy atom. The van der Waals surface area contributed by atoms with E-state index in [2.05, 4.69) is 60.5 Å². The lowest BCUT2D eigenvalue weighted by Crippen LogP contribution is -2.46. The van der Waals surface area contributed by atoms with Crippen LogP contribution in [0, 0.1) is 5.41 Å². The number of hydrogen-bond donors (Lipinski definition) is 0. The quantitative estimate of drug-likeness (QED) is 0.541. The van der Waals surface area contributed by atoms with Gasteiger partial charge in [0.2, 0.25) is 0 Å². The van der Waals surface area contributed by atoms with Crippen molar-refractivity contribution in [1.29, 1.82) is 0 Å². The molecule has 1 fully saturated rings. The average Bonchev–Trinajstić information content (AvgIpc) is 3.38. The van der Waals surface area contributed by atoms with Crippen LogP contribution in [0.3, 0.4) is 0 Å². The molecule has 5 rings (SSSR count). The van der Waals surface area contributed by atoms with E-state index < -0.39 is 0 Å². The predicted octanol–water partition coefficient (Wildman–Crippen LogP) is 5.47. The summed E-state index contributed by atoms with van der Waals surface area (Å²) in [5.41, 5.74) is 3.56. The molecule has 0 amide bonds. The number of thiazole rings is 1.